The maximum atomic E-state index is 12.3. The van der Waals surface area contributed by atoms with Crippen LogP contribution >= 0.6 is 0 Å². The van der Waals surface area contributed by atoms with Crippen molar-refractivity contribution in [3.63, 3.8) is 0 Å². The van der Waals surface area contributed by atoms with Gasteiger partial charge >= 0.3 is 0 Å². The second-order valence-corrected chi connectivity index (χ2v) is 7.72. The summed E-state index contributed by atoms with van der Waals surface area (Å²) in [5.41, 5.74) is 3.26. The van der Waals surface area contributed by atoms with Crippen LogP contribution in [-0.4, -0.2) is 53.8 Å². The Balaban J connectivity index is 1.43. The van der Waals surface area contributed by atoms with E-state index in [0.29, 0.717) is 19.6 Å². The van der Waals surface area contributed by atoms with E-state index in [4.69, 9.17) is 4.42 Å². The standard InChI is InChI=1S/C23H23N3O3/c27-22-13-24-23(28)19-15-25(10-11-26(19)22)14-18-17-8-4-5-9-20(17)29-21(18)12-16-6-2-1-3-7-16/h1-9,19H,10-15H2,(H,24,28). The zero-order valence-electron chi connectivity index (χ0n) is 16.1. The zero-order chi connectivity index (χ0) is 19.8. The molecule has 29 heavy (non-hydrogen) atoms. The maximum absolute atomic E-state index is 12.3. The van der Waals surface area contributed by atoms with Crippen molar-refractivity contribution >= 4 is 22.8 Å². The van der Waals surface area contributed by atoms with Gasteiger partial charge in [0.2, 0.25) is 11.8 Å². The predicted molar refractivity (Wildman–Crippen MR) is 109 cm³/mol. The molecule has 3 heterocycles. The summed E-state index contributed by atoms with van der Waals surface area (Å²) in [6, 6.07) is 18.0. The van der Waals surface area contributed by atoms with Crippen molar-refractivity contribution in [1.82, 2.24) is 15.1 Å². The van der Waals surface area contributed by atoms with E-state index in [-0.39, 0.29) is 18.4 Å². The average molecular weight is 389 g/mol. The van der Waals surface area contributed by atoms with Gasteiger partial charge in [-0.25, -0.2) is 0 Å². The number of benzene rings is 2. The quantitative estimate of drug-likeness (QED) is 0.743. The summed E-state index contributed by atoms with van der Waals surface area (Å²) < 4.78 is 6.22. The van der Waals surface area contributed by atoms with E-state index in [0.717, 1.165) is 29.7 Å². The number of amides is 2. The monoisotopic (exact) mass is 389 g/mol. The van der Waals surface area contributed by atoms with Crippen LogP contribution in [0.25, 0.3) is 11.0 Å². The molecule has 2 amide bonds. The Morgan fingerprint density at radius 3 is 2.66 bits per heavy atom. The summed E-state index contributed by atoms with van der Waals surface area (Å²) in [6.45, 7) is 2.69. The van der Waals surface area contributed by atoms with E-state index >= 15 is 0 Å². The number of rotatable bonds is 4. The highest BCUT2D eigenvalue weighted by Gasteiger charge is 2.38. The van der Waals surface area contributed by atoms with Crippen LogP contribution < -0.4 is 5.32 Å². The van der Waals surface area contributed by atoms with Crippen LogP contribution in [0.4, 0.5) is 0 Å². The van der Waals surface area contributed by atoms with Crippen molar-refractivity contribution in [2.24, 2.45) is 0 Å². The lowest BCUT2D eigenvalue weighted by Crippen LogP contribution is -2.65. The number of piperazine rings is 2. The number of hydrogen-bond acceptors (Lipinski definition) is 4. The van der Waals surface area contributed by atoms with Gasteiger partial charge in [0.1, 0.15) is 17.4 Å². The summed E-state index contributed by atoms with van der Waals surface area (Å²) in [4.78, 5) is 28.4. The van der Waals surface area contributed by atoms with Gasteiger partial charge in [-0.15, -0.1) is 0 Å². The molecule has 1 atom stereocenters. The van der Waals surface area contributed by atoms with Crippen molar-refractivity contribution in [2.45, 2.75) is 19.0 Å². The molecule has 5 rings (SSSR count). The van der Waals surface area contributed by atoms with Crippen LogP contribution in [0.5, 0.6) is 0 Å². The minimum atomic E-state index is -0.402. The topological polar surface area (TPSA) is 65.8 Å². The fourth-order valence-electron chi connectivity index (χ4n) is 4.36. The lowest BCUT2D eigenvalue weighted by Gasteiger charge is -2.42. The minimum absolute atomic E-state index is 0.00720. The Bertz CT molecular complexity index is 1060. The van der Waals surface area contributed by atoms with Gasteiger partial charge in [0.15, 0.2) is 0 Å². The van der Waals surface area contributed by atoms with Crippen LogP contribution in [-0.2, 0) is 22.6 Å². The molecule has 2 aliphatic rings. The molecule has 0 bridgehead atoms. The van der Waals surface area contributed by atoms with E-state index in [1.807, 2.05) is 36.4 Å². The van der Waals surface area contributed by atoms with Gasteiger partial charge in [0.25, 0.3) is 0 Å². The predicted octanol–water partition coefficient (Wildman–Crippen LogP) is 2.17. The van der Waals surface area contributed by atoms with Crippen molar-refractivity contribution in [3.8, 4) is 0 Å². The second kappa shape index (κ2) is 7.37. The van der Waals surface area contributed by atoms with Gasteiger partial charge < -0.3 is 14.6 Å². The van der Waals surface area contributed by atoms with Crippen molar-refractivity contribution in [3.05, 3.63) is 71.5 Å². The van der Waals surface area contributed by atoms with Gasteiger partial charge in [-0.1, -0.05) is 48.5 Å². The summed E-state index contributed by atoms with van der Waals surface area (Å²) >= 11 is 0. The first-order valence-corrected chi connectivity index (χ1v) is 10.0. The van der Waals surface area contributed by atoms with Crippen LogP contribution in [0.3, 0.4) is 0 Å². The van der Waals surface area contributed by atoms with Crippen LogP contribution in [0.15, 0.2) is 59.0 Å². The molecule has 2 aromatic carbocycles. The summed E-state index contributed by atoms with van der Waals surface area (Å²) in [5, 5.41) is 3.82. The van der Waals surface area contributed by atoms with Gasteiger partial charge in [-0.2, -0.15) is 0 Å². The molecule has 0 saturated carbocycles. The molecule has 1 unspecified atom stereocenters. The smallest absolute Gasteiger partial charge is 0.244 e. The van der Waals surface area contributed by atoms with Crippen LogP contribution in [0, 0.1) is 0 Å². The van der Waals surface area contributed by atoms with Crippen molar-refractivity contribution in [2.75, 3.05) is 26.2 Å². The highest BCUT2D eigenvalue weighted by molar-refractivity contribution is 5.95. The lowest BCUT2D eigenvalue weighted by atomic mass is 10.0. The van der Waals surface area contributed by atoms with E-state index in [1.165, 1.54) is 11.1 Å². The minimum Gasteiger partial charge on any atom is -0.460 e. The Morgan fingerprint density at radius 1 is 1.00 bits per heavy atom. The molecule has 148 valence electrons. The van der Waals surface area contributed by atoms with Crippen LogP contribution in [0.1, 0.15) is 16.9 Å². The normalized spacial score (nSPS) is 20.0. The Hall–Kier alpha value is -3.12. The first-order chi connectivity index (χ1) is 14.2. The number of hydrogen-bond donors (Lipinski definition) is 1. The number of carbonyl (C=O) groups is 2. The fourth-order valence-corrected chi connectivity index (χ4v) is 4.36. The number of nitrogens with one attached hydrogen (secondary N) is 1. The van der Waals surface area contributed by atoms with E-state index < -0.39 is 6.04 Å². The first-order valence-electron chi connectivity index (χ1n) is 10.0. The average Bonchev–Trinajstić information content (AvgIpc) is 3.09. The Morgan fingerprint density at radius 2 is 1.79 bits per heavy atom. The molecular formula is C23H23N3O3. The fraction of sp³-hybridized carbons (Fsp3) is 0.304. The van der Waals surface area contributed by atoms with Gasteiger partial charge in [-0.3, -0.25) is 14.5 Å². The third-order valence-corrected chi connectivity index (χ3v) is 5.87. The van der Waals surface area contributed by atoms with E-state index in [9.17, 15) is 9.59 Å². The Labute approximate surface area is 169 Å². The summed E-state index contributed by atoms with van der Waals surface area (Å²) in [7, 11) is 0. The molecule has 0 radical (unpaired) electrons. The largest absolute Gasteiger partial charge is 0.460 e. The molecule has 1 N–H and O–H groups in total. The molecule has 0 aliphatic carbocycles. The third-order valence-electron chi connectivity index (χ3n) is 5.87. The van der Waals surface area contributed by atoms with E-state index in [2.05, 4.69) is 28.4 Å². The van der Waals surface area contributed by atoms with Gasteiger partial charge in [-0.05, 0) is 11.6 Å². The molecule has 2 fully saturated rings. The van der Waals surface area contributed by atoms with Gasteiger partial charge in [0, 0.05) is 43.5 Å². The SMILES string of the molecule is O=C1NCC(=O)N2CCN(Cc3c(Cc4ccccc4)oc4ccccc34)CC12. The second-order valence-electron chi connectivity index (χ2n) is 7.72. The summed E-state index contributed by atoms with van der Waals surface area (Å²) in [6.07, 6.45) is 0.729. The lowest BCUT2D eigenvalue weighted by molar-refractivity contribution is -0.149. The molecule has 3 aromatic rings. The van der Waals surface area contributed by atoms with Crippen molar-refractivity contribution < 1.29 is 14.0 Å². The van der Waals surface area contributed by atoms with Gasteiger partial charge in [0.05, 0.1) is 6.54 Å². The van der Waals surface area contributed by atoms with Crippen molar-refractivity contribution in [1.29, 1.82) is 0 Å². The molecule has 2 aliphatic heterocycles. The number of nitrogens with zero attached hydrogens (tertiary/aromatic N) is 2. The molecular weight excluding hydrogens is 366 g/mol. The molecule has 0 spiro atoms. The number of fused-ring (bicyclic) bond motifs is 2. The molecule has 1 aromatic heterocycles. The number of furan rings is 1. The molecule has 2 saturated heterocycles. The third kappa shape index (κ3) is 3.40. The maximum Gasteiger partial charge on any atom is 0.244 e. The highest BCUT2D eigenvalue weighted by atomic mass is 16.3. The molecule has 6 heteroatoms. The zero-order valence-corrected chi connectivity index (χ0v) is 16.1. The summed E-state index contributed by atoms with van der Waals surface area (Å²) in [5.74, 6) is 0.910. The first kappa shape index (κ1) is 17.9. The highest BCUT2D eigenvalue weighted by Crippen LogP contribution is 2.30. The Kier molecular flexibility index (Phi) is 4.56. The van der Waals surface area contributed by atoms with Crippen LogP contribution in [0.2, 0.25) is 0 Å². The van der Waals surface area contributed by atoms with E-state index in [1.54, 1.807) is 4.90 Å². The molecule has 6 nitrogen and oxygen atoms in total. The number of para-hydroxylation sites is 1. The number of carbonyl (C=O) groups excluding carboxylic acids is 2.